The van der Waals surface area contributed by atoms with Crippen LogP contribution in [0.1, 0.15) is 11.1 Å². The molecular formula is C26H27NO7. The number of hydrogen-bond donors (Lipinski definition) is 1. The Hall–Kier alpha value is -4.20. The highest BCUT2D eigenvalue weighted by Gasteiger charge is 2.16. The molecule has 3 aromatic rings. The number of amides is 1. The first-order valence-corrected chi connectivity index (χ1v) is 10.5. The predicted molar refractivity (Wildman–Crippen MR) is 127 cm³/mol. The zero-order valence-corrected chi connectivity index (χ0v) is 19.5. The number of carbonyl (C=O) groups excluding carboxylic acids is 2. The molecule has 8 nitrogen and oxygen atoms in total. The minimum atomic E-state index is -0.575. The molecule has 0 unspecified atom stereocenters. The lowest BCUT2D eigenvalue weighted by atomic mass is 10.1. The number of methoxy groups -OCH3 is 3. The van der Waals surface area contributed by atoms with Crippen molar-refractivity contribution in [3.63, 3.8) is 0 Å². The largest absolute Gasteiger partial charge is 0.493 e. The summed E-state index contributed by atoms with van der Waals surface area (Å²) in [4.78, 5) is 24.7. The monoisotopic (exact) mass is 465 g/mol. The highest BCUT2D eigenvalue weighted by molar-refractivity contribution is 5.94. The quantitative estimate of drug-likeness (QED) is 0.440. The second-order valence-corrected chi connectivity index (χ2v) is 7.33. The summed E-state index contributed by atoms with van der Waals surface area (Å²) < 4.78 is 26.9. The fourth-order valence-corrected chi connectivity index (χ4v) is 3.18. The topological polar surface area (TPSA) is 92.3 Å². The molecule has 0 fully saturated rings. The first-order valence-electron chi connectivity index (χ1n) is 10.5. The number of para-hydroxylation sites is 2. The molecule has 0 spiro atoms. The van der Waals surface area contributed by atoms with Crippen molar-refractivity contribution in [2.45, 2.75) is 13.3 Å². The Morgan fingerprint density at radius 3 is 2.09 bits per heavy atom. The van der Waals surface area contributed by atoms with Gasteiger partial charge in [-0.05, 0) is 48.9 Å². The summed E-state index contributed by atoms with van der Waals surface area (Å²) in [5.74, 6) is 1.33. The van der Waals surface area contributed by atoms with E-state index in [0.29, 0.717) is 40.0 Å². The number of rotatable bonds is 10. The Labute approximate surface area is 198 Å². The van der Waals surface area contributed by atoms with Gasteiger partial charge in [0.2, 0.25) is 5.75 Å². The van der Waals surface area contributed by atoms with Crippen LogP contribution in [0.2, 0.25) is 0 Å². The number of benzene rings is 3. The molecule has 8 heteroatoms. The normalized spacial score (nSPS) is 10.2. The van der Waals surface area contributed by atoms with Gasteiger partial charge in [-0.25, -0.2) is 0 Å². The average Bonchev–Trinajstić information content (AvgIpc) is 2.84. The summed E-state index contributed by atoms with van der Waals surface area (Å²) in [6.45, 7) is 1.54. The maximum absolute atomic E-state index is 12.4. The smallest absolute Gasteiger partial charge is 0.310 e. The Morgan fingerprint density at radius 2 is 1.47 bits per heavy atom. The van der Waals surface area contributed by atoms with Crippen LogP contribution in [0.5, 0.6) is 28.7 Å². The predicted octanol–water partition coefficient (Wildman–Crippen LogP) is 4.54. The van der Waals surface area contributed by atoms with Gasteiger partial charge in [-0.1, -0.05) is 29.8 Å². The molecule has 34 heavy (non-hydrogen) atoms. The average molecular weight is 466 g/mol. The van der Waals surface area contributed by atoms with Crippen molar-refractivity contribution in [1.29, 1.82) is 0 Å². The van der Waals surface area contributed by atoms with Crippen LogP contribution in [-0.2, 0) is 20.7 Å². The molecule has 0 aliphatic heterocycles. The highest BCUT2D eigenvalue weighted by Crippen LogP contribution is 2.38. The van der Waals surface area contributed by atoms with Gasteiger partial charge in [-0.3, -0.25) is 9.59 Å². The van der Waals surface area contributed by atoms with Crippen molar-refractivity contribution in [3.05, 3.63) is 71.8 Å². The number of ether oxygens (including phenoxy) is 5. The second kappa shape index (κ2) is 11.6. The van der Waals surface area contributed by atoms with Crippen molar-refractivity contribution in [1.82, 2.24) is 0 Å². The van der Waals surface area contributed by atoms with Crippen molar-refractivity contribution < 1.29 is 33.3 Å². The Morgan fingerprint density at radius 1 is 0.824 bits per heavy atom. The number of nitrogens with one attached hydrogen (secondary N) is 1. The molecule has 1 amide bonds. The fourth-order valence-electron chi connectivity index (χ4n) is 3.18. The summed E-state index contributed by atoms with van der Waals surface area (Å²) >= 11 is 0. The standard InChI is InChI=1S/C26H27NO7/c1-17-9-11-19(12-10-17)34-21-8-6-5-7-20(21)27-24(28)16-33-25(29)15-18-13-22(30-2)26(32-4)23(14-18)31-3/h5-14H,15-16H2,1-4H3,(H,27,28). The molecule has 0 heterocycles. The van der Waals surface area contributed by atoms with Crippen molar-refractivity contribution in [2.24, 2.45) is 0 Å². The minimum Gasteiger partial charge on any atom is -0.493 e. The van der Waals surface area contributed by atoms with E-state index in [1.54, 1.807) is 36.4 Å². The molecule has 0 aromatic heterocycles. The third-order valence-corrected chi connectivity index (χ3v) is 4.85. The zero-order chi connectivity index (χ0) is 24.5. The number of hydrogen-bond acceptors (Lipinski definition) is 7. The van der Waals surface area contributed by atoms with Gasteiger partial charge in [0, 0.05) is 0 Å². The van der Waals surface area contributed by atoms with E-state index in [1.165, 1.54) is 21.3 Å². The summed E-state index contributed by atoms with van der Waals surface area (Å²) in [5, 5.41) is 2.72. The van der Waals surface area contributed by atoms with Crippen LogP contribution in [-0.4, -0.2) is 39.8 Å². The molecular weight excluding hydrogens is 438 g/mol. The fraction of sp³-hybridized carbons (Fsp3) is 0.231. The van der Waals surface area contributed by atoms with Crippen LogP contribution in [0.3, 0.4) is 0 Å². The molecule has 3 rings (SSSR count). The van der Waals surface area contributed by atoms with E-state index in [4.69, 9.17) is 23.7 Å². The Kier molecular flexibility index (Phi) is 8.34. The van der Waals surface area contributed by atoms with Crippen LogP contribution in [0.25, 0.3) is 0 Å². The van der Waals surface area contributed by atoms with Gasteiger partial charge in [0.25, 0.3) is 5.91 Å². The summed E-state index contributed by atoms with van der Waals surface area (Å²) in [6.07, 6.45) is -0.0723. The van der Waals surface area contributed by atoms with Crippen LogP contribution >= 0.6 is 0 Å². The first-order chi connectivity index (χ1) is 16.4. The van der Waals surface area contributed by atoms with Gasteiger partial charge in [0.15, 0.2) is 23.9 Å². The second-order valence-electron chi connectivity index (χ2n) is 7.33. The zero-order valence-electron chi connectivity index (χ0n) is 19.5. The molecule has 178 valence electrons. The summed E-state index contributed by atoms with van der Waals surface area (Å²) in [7, 11) is 4.48. The highest BCUT2D eigenvalue weighted by atomic mass is 16.5. The molecule has 0 atom stereocenters. The summed E-state index contributed by atoms with van der Waals surface area (Å²) in [6, 6.07) is 17.9. The molecule has 0 aliphatic carbocycles. The van der Waals surface area contributed by atoms with Gasteiger partial charge in [0.1, 0.15) is 5.75 Å². The lowest BCUT2D eigenvalue weighted by Gasteiger charge is -2.14. The third-order valence-electron chi connectivity index (χ3n) is 4.85. The van der Waals surface area contributed by atoms with Crippen molar-refractivity contribution in [2.75, 3.05) is 33.3 Å². The minimum absolute atomic E-state index is 0.0723. The maximum Gasteiger partial charge on any atom is 0.310 e. The number of aryl methyl sites for hydroxylation is 1. The lowest BCUT2D eigenvalue weighted by Crippen LogP contribution is -2.22. The van der Waals surface area contributed by atoms with E-state index < -0.39 is 18.5 Å². The molecule has 0 bridgehead atoms. The number of anilines is 1. The molecule has 0 saturated heterocycles. The van der Waals surface area contributed by atoms with Crippen LogP contribution in [0.15, 0.2) is 60.7 Å². The maximum atomic E-state index is 12.4. The Bertz CT molecular complexity index is 1120. The molecule has 0 aliphatic rings. The van der Waals surface area contributed by atoms with E-state index in [2.05, 4.69) is 5.32 Å². The van der Waals surface area contributed by atoms with Crippen molar-refractivity contribution >= 4 is 17.6 Å². The van der Waals surface area contributed by atoms with Gasteiger partial charge in [0.05, 0.1) is 33.4 Å². The van der Waals surface area contributed by atoms with E-state index in [0.717, 1.165) is 5.56 Å². The Balaban J connectivity index is 1.58. The SMILES string of the molecule is COc1cc(CC(=O)OCC(=O)Nc2ccccc2Oc2ccc(C)cc2)cc(OC)c1OC. The molecule has 3 aromatic carbocycles. The van der Waals surface area contributed by atoms with Gasteiger partial charge >= 0.3 is 5.97 Å². The molecule has 0 saturated carbocycles. The van der Waals surface area contributed by atoms with E-state index in [1.807, 2.05) is 31.2 Å². The number of esters is 1. The van der Waals surface area contributed by atoms with Crippen molar-refractivity contribution in [3.8, 4) is 28.7 Å². The van der Waals surface area contributed by atoms with Gasteiger partial charge in [-0.2, -0.15) is 0 Å². The van der Waals surface area contributed by atoms with Gasteiger partial charge in [-0.15, -0.1) is 0 Å². The molecule has 1 N–H and O–H groups in total. The van der Waals surface area contributed by atoms with E-state index in [9.17, 15) is 9.59 Å². The lowest BCUT2D eigenvalue weighted by molar-refractivity contribution is -0.146. The number of carbonyl (C=O) groups is 2. The molecule has 0 radical (unpaired) electrons. The first kappa shape index (κ1) is 24.4. The summed E-state index contributed by atoms with van der Waals surface area (Å²) in [5.41, 5.74) is 2.17. The van der Waals surface area contributed by atoms with E-state index >= 15 is 0 Å². The van der Waals surface area contributed by atoms with E-state index in [-0.39, 0.29) is 6.42 Å². The third kappa shape index (κ3) is 6.41. The van der Waals surface area contributed by atoms with Gasteiger partial charge < -0.3 is 29.0 Å². The van der Waals surface area contributed by atoms with Crippen LogP contribution < -0.4 is 24.3 Å². The van der Waals surface area contributed by atoms with Crippen LogP contribution in [0.4, 0.5) is 5.69 Å². The van der Waals surface area contributed by atoms with Crippen LogP contribution in [0, 0.1) is 6.92 Å².